The summed E-state index contributed by atoms with van der Waals surface area (Å²) in [6, 6.07) is 6.60. The Kier molecular flexibility index (Phi) is 6.68. The first-order chi connectivity index (χ1) is 13.1. The van der Waals surface area contributed by atoms with Crippen LogP contribution < -0.4 is 15.5 Å². The summed E-state index contributed by atoms with van der Waals surface area (Å²) in [5.74, 6) is -1.13. The van der Waals surface area contributed by atoms with Gasteiger partial charge < -0.3 is 20.3 Å². The molecule has 1 saturated heterocycles. The van der Waals surface area contributed by atoms with E-state index in [4.69, 9.17) is 4.74 Å². The predicted octanol–water partition coefficient (Wildman–Crippen LogP) is 0.695. The van der Waals surface area contributed by atoms with Crippen LogP contribution in [0.2, 0.25) is 0 Å². The Labute approximate surface area is 161 Å². The van der Waals surface area contributed by atoms with Gasteiger partial charge in [-0.15, -0.1) is 0 Å². The van der Waals surface area contributed by atoms with Gasteiger partial charge in [-0.25, -0.2) is 0 Å². The van der Waals surface area contributed by atoms with Crippen LogP contribution in [-0.4, -0.2) is 69.7 Å². The zero-order valence-corrected chi connectivity index (χ0v) is 16.3. The molecule has 0 saturated carbocycles. The van der Waals surface area contributed by atoms with Gasteiger partial charge in [-0.1, -0.05) is 19.1 Å². The highest BCUT2D eigenvalue weighted by molar-refractivity contribution is 6.35. The van der Waals surface area contributed by atoms with E-state index < -0.39 is 11.8 Å². The number of benzene rings is 1. The van der Waals surface area contributed by atoms with E-state index in [1.807, 2.05) is 6.92 Å². The molecule has 1 aromatic carbocycles. The maximum absolute atomic E-state index is 12.1. The highest BCUT2D eigenvalue weighted by Crippen LogP contribution is 2.31. The Morgan fingerprint density at radius 2 is 1.89 bits per heavy atom. The number of hydrogen-bond acceptors (Lipinski definition) is 5. The van der Waals surface area contributed by atoms with Crippen molar-refractivity contribution in [1.82, 2.24) is 15.5 Å². The zero-order valence-electron chi connectivity index (χ0n) is 16.3. The predicted molar refractivity (Wildman–Crippen MR) is 105 cm³/mol. The van der Waals surface area contributed by atoms with Crippen LogP contribution in [0.3, 0.4) is 0 Å². The van der Waals surface area contributed by atoms with Crippen molar-refractivity contribution in [2.45, 2.75) is 25.8 Å². The fraction of sp³-hybridized carbons (Fsp3) is 0.600. The second-order valence-corrected chi connectivity index (χ2v) is 7.19. The first kappa shape index (κ1) is 19.6. The van der Waals surface area contributed by atoms with Crippen LogP contribution in [0.25, 0.3) is 0 Å². The van der Waals surface area contributed by atoms with E-state index >= 15 is 0 Å². The van der Waals surface area contributed by atoms with E-state index in [0.29, 0.717) is 26.3 Å². The van der Waals surface area contributed by atoms with Crippen LogP contribution in [0.5, 0.6) is 0 Å². The molecule has 7 heteroatoms. The second kappa shape index (κ2) is 9.19. The number of rotatable bonds is 6. The van der Waals surface area contributed by atoms with Crippen molar-refractivity contribution in [3.63, 3.8) is 0 Å². The summed E-state index contributed by atoms with van der Waals surface area (Å²) < 4.78 is 5.48. The Morgan fingerprint density at radius 1 is 1.15 bits per heavy atom. The maximum Gasteiger partial charge on any atom is 0.309 e. The Balaban J connectivity index is 1.72. The first-order valence-corrected chi connectivity index (χ1v) is 9.82. The summed E-state index contributed by atoms with van der Waals surface area (Å²) in [4.78, 5) is 28.6. The summed E-state index contributed by atoms with van der Waals surface area (Å²) in [6.45, 7) is 6.93. The molecule has 7 nitrogen and oxygen atoms in total. The fourth-order valence-electron chi connectivity index (χ4n) is 3.73. The van der Waals surface area contributed by atoms with Crippen molar-refractivity contribution in [3.05, 3.63) is 29.3 Å². The molecule has 2 amide bonds. The lowest BCUT2D eigenvalue weighted by atomic mass is 10.0. The third-order valence-electron chi connectivity index (χ3n) is 5.30. The lowest BCUT2D eigenvalue weighted by molar-refractivity contribution is -0.139. The molecule has 2 N–H and O–H groups in total. The number of ether oxygens (including phenoxy) is 1. The number of hydrogen-bond donors (Lipinski definition) is 2. The number of nitrogens with zero attached hydrogens (tertiary/aromatic N) is 2. The standard InChI is InChI=1S/C20H30N4O3/c1-3-7-21-19(25)20(26)22-14-18(24-9-11-27-12-10-24)15-4-5-17-16(13-15)6-8-23(17)2/h4-5,13,18H,3,6-12,14H2,1-2H3,(H,21,25)(H,22,26)/t18-/m0/s1. The number of fused-ring (bicyclic) bond motifs is 1. The number of likely N-dealkylation sites (N-methyl/N-ethyl adjacent to an activating group) is 1. The molecule has 0 spiro atoms. The fourth-order valence-corrected chi connectivity index (χ4v) is 3.73. The Morgan fingerprint density at radius 3 is 2.63 bits per heavy atom. The molecule has 27 heavy (non-hydrogen) atoms. The largest absolute Gasteiger partial charge is 0.379 e. The van der Waals surface area contributed by atoms with Gasteiger partial charge in [0.1, 0.15) is 0 Å². The van der Waals surface area contributed by atoms with Crippen LogP contribution in [0.1, 0.15) is 30.5 Å². The van der Waals surface area contributed by atoms with Gasteiger partial charge in [-0.3, -0.25) is 14.5 Å². The summed E-state index contributed by atoms with van der Waals surface area (Å²) >= 11 is 0. The van der Waals surface area contributed by atoms with E-state index in [2.05, 4.69) is 45.7 Å². The quantitative estimate of drug-likeness (QED) is 0.717. The molecular formula is C20H30N4O3. The van der Waals surface area contributed by atoms with Crippen LogP contribution in [0.4, 0.5) is 5.69 Å². The zero-order chi connectivity index (χ0) is 19.2. The SMILES string of the molecule is CCCNC(=O)C(=O)NC[C@@H](c1ccc2c(c1)CCN2C)N1CCOCC1. The molecule has 0 radical (unpaired) electrons. The van der Waals surface area contributed by atoms with Crippen molar-refractivity contribution in [3.8, 4) is 0 Å². The Bertz CT molecular complexity index is 673. The van der Waals surface area contributed by atoms with Crippen LogP contribution >= 0.6 is 0 Å². The molecule has 148 valence electrons. The molecule has 2 aliphatic rings. The molecule has 1 atom stereocenters. The van der Waals surface area contributed by atoms with Crippen molar-refractivity contribution >= 4 is 17.5 Å². The van der Waals surface area contributed by atoms with E-state index in [0.717, 1.165) is 32.5 Å². The third-order valence-corrected chi connectivity index (χ3v) is 5.30. The smallest absolute Gasteiger partial charge is 0.309 e. The molecule has 0 unspecified atom stereocenters. The average molecular weight is 374 g/mol. The summed E-state index contributed by atoms with van der Waals surface area (Å²) in [7, 11) is 2.11. The van der Waals surface area contributed by atoms with Gasteiger partial charge in [0.15, 0.2) is 0 Å². The minimum absolute atomic E-state index is 0.0352. The lowest BCUT2D eigenvalue weighted by Crippen LogP contribution is -2.46. The summed E-state index contributed by atoms with van der Waals surface area (Å²) in [6.07, 6.45) is 1.85. The van der Waals surface area contributed by atoms with Gasteiger partial charge in [0, 0.05) is 45.5 Å². The number of nitrogens with one attached hydrogen (secondary N) is 2. The lowest BCUT2D eigenvalue weighted by Gasteiger charge is -2.35. The number of morpholine rings is 1. The molecule has 3 rings (SSSR count). The number of carbonyl (C=O) groups is 2. The van der Waals surface area contributed by atoms with Crippen LogP contribution in [-0.2, 0) is 20.7 Å². The molecular weight excluding hydrogens is 344 g/mol. The van der Waals surface area contributed by atoms with Crippen molar-refractivity contribution in [2.75, 3.05) is 57.9 Å². The molecule has 0 aromatic heterocycles. The average Bonchev–Trinajstić information content (AvgIpc) is 3.07. The van der Waals surface area contributed by atoms with Gasteiger partial charge in [0.05, 0.1) is 19.3 Å². The summed E-state index contributed by atoms with van der Waals surface area (Å²) in [5, 5.41) is 5.44. The monoisotopic (exact) mass is 374 g/mol. The molecule has 2 aliphatic heterocycles. The summed E-state index contributed by atoms with van der Waals surface area (Å²) in [5.41, 5.74) is 3.81. The van der Waals surface area contributed by atoms with Gasteiger partial charge in [-0.2, -0.15) is 0 Å². The number of anilines is 1. The van der Waals surface area contributed by atoms with Crippen LogP contribution in [0.15, 0.2) is 18.2 Å². The minimum atomic E-state index is -0.567. The highest BCUT2D eigenvalue weighted by atomic mass is 16.5. The third kappa shape index (κ3) is 4.78. The molecule has 2 heterocycles. The first-order valence-electron chi connectivity index (χ1n) is 9.82. The molecule has 0 bridgehead atoms. The van der Waals surface area contributed by atoms with E-state index in [1.165, 1.54) is 16.8 Å². The van der Waals surface area contributed by atoms with E-state index in [9.17, 15) is 9.59 Å². The van der Waals surface area contributed by atoms with Gasteiger partial charge in [0.2, 0.25) is 0 Å². The molecule has 0 aliphatic carbocycles. The van der Waals surface area contributed by atoms with E-state index in [-0.39, 0.29) is 6.04 Å². The van der Waals surface area contributed by atoms with Crippen LogP contribution in [0, 0.1) is 0 Å². The van der Waals surface area contributed by atoms with Crippen molar-refractivity contribution < 1.29 is 14.3 Å². The Hall–Kier alpha value is -2.12. The van der Waals surface area contributed by atoms with E-state index in [1.54, 1.807) is 0 Å². The molecule has 1 aromatic rings. The normalized spacial score (nSPS) is 18.1. The minimum Gasteiger partial charge on any atom is -0.379 e. The number of amides is 2. The van der Waals surface area contributed by atoms with Gasteiger partial charge >= 0.3 is 11.8 Å². The highest BCUT2D eigenvalue weighted by Gasteiger charge is 2.26. The van der Waals surface area contributed by atoms with Gasteiger partial charge in [0.25, 0.3) is 0 Å². The topological polar surface area (TPSA) is 73.9 Å². The molecule has 1 fully saturated rings. The van der Waals surface area contributed by atoms with Crippen molar-refractivity contribution in [2.24, 2.45) is 0 Å². The van der Waals surface area contributed by atoms with Gasteiger partial charge in [-0.05, 0) is 30.0 Å². The number of carbonyl (C=O) groups excluding carboxylic acids is 2. The second-order valence-electron chi connectivity index (χ2n) is 7.19. The maximum atomic E-state index is 12.1. The van der Waals surface area contributed by atoms with Crippen molar-refractivity contribution in [1.29, 1.82) is 0 Å².